The van der Waals surface area contributed by atoms with E-state index < -0.39 is 5.82 Å². The van der Waals surface area contributed by atoms with Crippen molar-refractivity contribution in [1.29, 1.82) is 0 Å². The molecule has 2 nitrogen and oxygen atoms in total. The van der Waals surface area contributed by atoms with Crippen LogP contribution in [0, 0.1) is 5.82 Å². The zero-order valence-corrected chi connectivity index (χ0v) is 12.2. The third-order valence-corrected chi connectivity index (χ3v) is 3.92. The zero-order valence-electron chi connectivity index (χ0n) is 11.5. The maximum Gasteiger partial charge on any atom is 0.142 e. The third kappa shape index (κ3) is 2.62. The minimum absolute atomic E-state index is 0.144. The minimum Gasteiger partial charge on any atom is -0.309 e. The molecule has 1 atom stereocenters. The van der Waals surface area contributed by atoms with E-state index in [9.17, 15) is 4.39 Å². The fraction of sp³-hybridized carbons (Fsp3) is 0.118. The van der Waals surface area contributed by atoms with Gasteiger partial charge in [-0.05, 0) is 36.4 Å². The van der Waals surface area contributed by atoms with E-state index in [0.29, 0.717) is 5.56 Å². The average molecular weight is 301 g/mol. The second-order valence-corrected chi connectivity index (χ2v) is 5.20. The number of hydrogen-bond donors (Lipinski definition) is 1. The molecule has 0 saturated heterocycles. The van der Waals surface area contributed by atoms with E-state index in [1.165, 1.54) is 6.07 Å². The van der Waals surface area contributed by atoms with Gasteiger partial charge in [0, 0.05) is 11.6 Å². The summed E-state index contributed by atoms with van der Waals surface area (Å²) in [5.41, 5.74) is 2.58. The van der Waals surface area contributed by atoms with Crippen LogP contribution in [-0.2, 0) is 0 Å². The molecule has 0 spiro atoms. The first-order chi connectivity index (χ1) is 10.2. The van der Waals surface area contributed by atoms with Crippen molar-refractivity contribution in [2.24, 2.45) is 0 Å². The third-order valence-electron chi connectivity index (χ3n) is 3.53. The average Bonchev–Trinajstić information content (AvgIpc) is 2.52. The van der Waals surface area contributed by atoms with Crippen LogP contribution in [0.2, 0.25) is 5.02 Å². The Morgan fingerprint density at radius 3 is 2.76 bits per heavy atom. The van der Waals surface area contributed by atoms with Crippen LogP contribution < -0.4 is 5.32 Å². The quantitative estimate of drug-likeness (QED) is 0.778. The number of pyridine rings is 1. The Labute approximate surface area is 127 Å². The van der Waals surface area contributed by atoms with E-state index in [0.717, 1.165) is 16.5 Å². The first-order valence-corrected chi connectivity index (χ1v) is 7.04. The molecule has 1 unspecified atom stereocenters. The van der Waals surface area contributed by atoms with Gasteiger partial charge >= 0.3 is 0 Å². The van der Waals surface area contributed by atoms with E-state index >= 15 is 0 Å². The summed E-state index contributed by atoms with van der Waals surface area (Å²) in [5, 5.41) is 4.36. The summed E-state index contributed by atoms with van der Waals surface area (Å²) in [6.45, 7) is 0. The van der Waals surface area contributed by atoms with Crippen molar-refractivity contribution in [2.45, 2.75) is 6.04 Å². The Morgan fingerprint density at radius 1 is 1.14 bits per heavy atom. The van der Waals surface area contributed by atoms with Gasteiger partial charge in [-0.2, -0.15) is 0 Å². The van der Waals surface area contributed by atoms with Gasteiger partial charge in [0.05, 0.1) is 16.6 Å². The highest BCUT2D eigenvalue weighted by atomic mass is 35.5. The van der Waals surface area contributed by atoms with Crippen LogP contribution in [0.15, 0.2) is 54.7 Å². The Kier molecular flexibility index (Phi) is 3.86. The van der Waals surface area contributed by atoms with Gasteiger partial charge in [0.25, 0.3) is 0 Å². The van der Waals surface area contributed by atoms with Gasteiger partial charge in [-0.15, -0.1) is 0 Å². The molecule has 0 radical (unpaired) electrons. The van der Waals surface area contributed by atoms with Crippen LogP contribution in [0.4, 0.5) is 4.39 Å². The van der Waals surface area contributed by atoms with E-state index in [2.05, 4.69) is 10.3 Å². The van der Waals surface area contributed by atoms with Gasteiger partial charge in [0.2, 0.25) is 0 Å². The summed E-state index contributed by atoms with van der Waals surface area (Å²) in [6.07, 6.45) is 1.80. The van der Waals surface area contributed by atoms with Crippen molar-refractivity contribution in [3.63, 3.8) is 0 Å². The van der Waals surface area contributed by atoms with Gasteiger partial charge in [0.15, 0.2) is 0 Å². The van der Waals surface area contributed by atoms with Crippen molar-refractivity contribution < 1.29 is 4.39 Å². The molecule has 1 aromatic heterocycles. The van der Waals surface area contributed by atoms with Gasteiger partial charge in [-0.1, -0.05) is 41.9 Å². The molecule has 0 fully saturated rings. The lowest BCUT2D eigenvalue weighted by Crippen LogP contribution is -2.18. The van der Waals surface area contributed by atoms with Gasteiger partial charge in [-0.3, -0.25) is 4.98 Å². The smallest absolute Gasteiger partial charge is 0.142 e. The van der Waals surface area contributed by atoms with Crippen molar-refractivity contribution in [3.8, 4) is 0 Å². The summed E-state index contributed by atoms with van der Waals surface area (Å²) in [4.78, 5) is 4.45. The van der Waals surface area contributed by atoms with Crippen LogP contribution in [-0.4, -0.2) is 12.0 Å². The molecule has 0 bridgehead atoms. The summed E-state index contributed by atoms with van der Waals surface area (Å²) in [5.74, 6) is -0.414. The molecule has 0 aliphatic heterocycles. The van der Waals surface area contributed by atoms with Crippen LogP contribution in [0.5, 0.6) is 0 Å². The molecular formula is C17H14ClFN2. The summed E-state index contributed by atoms with van der Waals surface area (Å²) < 4.78 is 13.7. The molecular weight excluding hydrogens is 287 g/mol. The van der Waals surface area contributed by atoms with E-state index in [1.807, 2.05) is 43.4 Å². The Morgan fingerprint density at radius 2 is 1.95 bits per heavy atom. The monoisotopic (exact) mass is 300 g/mol. The number of hydrogen-bond acceptors (Lipinski definition) is 2. The highest BCUT2D eigenvalue weighted by Gasteiger charge is 2.17. The normalized spacial score (nSPS) is 12.5. The molecule has 0 saturated carbocycles. The SMILES string of the molecule is CNC(c1cnc2ccccc2c1)c1cccc(F)c1Cl. The lowest BCUT2D eigenvalue weighted by atomic mass is 9.99. The molecule has 1 N–H and O–H groups in total. The van der Waals surface area contributed by atoms with E-state index in [-0.39, 0.29) is 11.1 Å². The maximum atomic E-state index is 13.7. The van der Waals surface area contributed by atoms with Gasteiger partial charge in [-0.25, -0.2) is 4.39 Å². The molecule has 1 heterocycles. The van der Waals surface area contributed by atoms with Crippen LogP contribution in [0.25, 0.3) is 10.9 Å². The number of para-hydroxylation sites is 1. The lowest BCUT2D eigenvalue weighted by Gasteiger charge is -2.19. The molecule has 3 rings (SSSR count). The fourth-order valence-corrected chi connectivity index (χ4v) is 2.73. The molecule has 106 valence electrons. The number of halogens is 2. The predicted octanol–water partition coefficient (Wildman–Crippen LogP) is 4.34. The Balaban J connectivity index is 2.11. The summed E-state index contributed by atoms with van der Waals surface area (Å²) in [6, 6.07) is 14.6. The van der Waals surface area contributed by atoms with E-state index in [4.69, 9.17) is 11.6 Å². The second-order valence-electron chi connectivity index (χ2n) is 4.83. The van der Waals surface area contributed by atoms with Gasteiger partial charge < -0.3 is 5.32 Å². The largest absolute Gasteiger partial charge is 0.309 e. The number of nitrogens with one attached hydrogen (secondary N) is 1. The van der Waals surface area contributed by atoms with Crippen molar-refractivity contribution in [1.82, 2.24) is 10.3 Å². The fourth-order valence-electron chi connectivity index (χ4n) is 2.49. The first-order valence-electron chi connectivity index (χ1n) is 6.66. The highest BCUT2D eigenvalue weighted by Crippen LogP contribution is 2.30. The molecule has 0 aliphatic rings. The van der Waals surface area contributed by atoms with Gasteiger partial charge in [0.1, 0.15) is 5.82 Å². The van der Waals surface area contributed by atoms with Crippen molar-refractivity contribution in [3.05, 3.63) is 76.7 Å². The molecule has 0 amide bonds. The number of rotatable bonds is 3. The van der Waals surface area contributed by atoms with Crippen molar-refractivity contribution in [2.75, 3.05) is 7.05 Å². The number of fused-ring (bicyclic) bond motifs is 1. The van der Waals surface area contributed by atoms with Crippen LogP contribution in [0.3, 0.4) is 0 Å². The molecule has 4 heteroatoms. The Hall–Kier alpha value is -1.97. The zero-order chi connectivity index (χ0) is 14.8. The molecule has 3 aromatic rings. The number of aromatic nitrogens is 1. The first kappa shape index (κ1) is 14.0. The minimum atomic E-state index is -0.414. The summed E-state index contributed by atoms with van der Waals surface area (Å²) in [7, 11) is 1.82. The van der Waals surface area contributed by atoms with Crippen LogP contribution in [0.1, 0.15) is 17.2 Å². The Bertz CT molecular complexity index is 789. The van der Waals surface area contributed by atoms with E-state index in [1.54, 1.807) is 12.3 Å². The highest BCUT2D eigenvalue weighted by molar-refractivity contribution is 6.31. The second kappa shape index (κ2) is 5.80. The molecule has 2 aromatic carbocycles. The maximum absolute atomic E-state index is 13.7. The standard InChI is InChI=1S/C17H14ClFN2/c1-20-17(13-6-4-7-14(19)16(13)18)12-9-11-5-2-3-8-15(11)21-10-12/h2-10,17,20H,1H3. The summed E-state index contributed by atoms with van der Waals surface area (Å²) >= 11 is 6.10. The van der Waals surface area contributed by atoms with Crippen LogP contribution >= 0.6 is 11.6 Å². The molecule has 21 heavy (non-hydrogen) atoms. The van der Waals surface area contributed by atoms with Crippen molar-refractivity contribution >= 4 is 22.5 Å². The predicted molar refractivity (Wildman–Crippen MR) is 84.1 cm³/mol. The lowest BCUT2D eigenvalue weighted by molar-refractivity contribution is 0.617. The topological polar surface area (TPSA) is 24.9 Å². The number of nitrogens with zero attached hydrogens (tertiary/aromatic N) is 1. The number of benzene rings is 2. The molecule has 0 aliphatic carbocycles.